The van der Waals surface area contributed by atoms with Gasteiger partial charge < -0.3 is 19.7 Å². The molecule has 0 radical (unpaired) electrons. The third-order valence-corrected chi connectivity index (χ3v) is 4.16. The van der Waals surface area contributed by atoms with Crippen molar-refractivity contribution in [3.63, 3.8) is 0 Å². The van der Waals surface area contributed by atoms with Crippen molar-refractivity contribution >= 4 is 11.8 Å². The molecule has 1 fully saturated rings. The van der Waals surface area contributed by atoms with E-state index >= 15 is 0 Å². The van der Waals surface area contributed by atoms with E-state index in [0.717, 1.165) is 37.2 Å². The summed E-state index contributed by atoms with van der Waals surface area (Å²) in [5.74, 6) is 1.30. The number of hydrogen-bond acceptors (Lipinski definition) is 4. The van der Waals surface area contributed by atoms with Gasteiger partial charge in [-0.15, -0.1) is 0 Å². The fourth-order valence-electron chi connectivity index (χ4n) is 2.84. The molecular weight excluding hydrogens is 284 g/mol. The summed E-state index contributed by atoms with van der Waals surface area (Å²) in [6.07, 6.45) is 1.72. The van der Waals surface area contributed by atoms with E-state index < -0.39 is 0 Å². The van der Waals surface area contributed by atoms with Gasteiger partial charge in [-0.3, -0.25) is 9.59 Å². The van der Waals surface area contributed by atoms with Gasteiger partial charge in [-0.1, -0.05) is 0 Å². The molecule has 22 heavy (non-hydrogen) atoms. The first-order valence-electron chi connectivity index (χ1n) is 7.52. The maximum absolute atomic E-state index is 11.8. The van der Waals surface area contributed by atoms with Crippen LogP contribution in [0.2, 0.25) is 0 Å². The second-order valence-electron chi connectivity index (χ2n) is 5.73. The average Bonchev–Trinajstić information content (AvgIpc) is 2.50. The molecule has 0 aliphatic carbocycles. The number of nitrogens with zero attached hydrogens (tertiary/aromatic N) is 1. The summed E-state index contributed by atoms with van der Waals surface area (Å²) in [7, 11) is 0. The highest BCUT2D eigenvalue weighted by molar-refractivity contribution is 5.98. The van der Waals surface area contributed by atoms with Crippen molar-refractivity contribution in [1.29, 1.82) is 0 Å². The fraction of sp³-hybridized carbons (Fsp3) is 0.500. The van der Waals surface area contributed by atoms with Crippen LogP contribution in [0.4, 0.5) is 0 Å². The lowest BCUT2D eigenvalue weighted by molar-refractivity contribution is -0.130. The minimum atomic E-state index is -0.120. The number of fused-ring (bicyclic) bond motifs is 1. The molecule has 2 aliphatic heterocycles. The number of aryl methyl sites for hydroxylation is 1. The van der Waals surface area contributed by atoms with Crippen molar-refractivity contribution in [2.45, 2.75) is 32.8 Å². The van der Waals surface area contributed by atoms with Crippen LogP contribution in [-0.4, -0.2) is 42.6 Å². The van der Waals surface area contributed by atoms with E-state index in [0.29, 0.717) is 11.3 Å². The van der Waals surface area contributed by atoms with Gasteiger partial charge in [0.15, 0.2) is 6.73 Å². The number of ether oxygens (including phenoxy) is 2. The summed E-state index contributed by atoms with van der Waals surface area (Å²) in [5, 5.41) is 2.64. The zero-order valence-electron chi connectivity index (χ0n) is 12.8. The molecule has 0 unspecified atom stereocenters. The summed E-state index contributed by atoms with van der Waals surface area (Å²) in [5.41, 5.74) is 1.45. The van der Waals surface area contributed by atoms with Gasteiger partial charge in [0, 0.05) is 38.9 Å². The van der Waals surface area contributed by atoms with Crippen molar-refractivity contribution < 1.29 is 19.1 Å². The number of hydrogen-bond donors (Lipinski definition) is 1. The second-order valence-corrected chi connectivity index (χ2v) is 5.73. The summed E-state index contributed by atoms with van der Waals surface area (Å²) in [6.45, 7) is 5.15. The topological polar surface area (TPSA) is 67.9 Å². The van der Waals surface area contributed by atoms with Gasteiger partial charge in [-0.05, 0) is 18.6 Å². The van der Waals surface area contributed by atoms with Crippen LogP contribution in [-0.2, 0) is 4.79 Å². The van der Waals surface area contributed by atoms with E-state index in [-0.39, 0.29) is 24.6 Å². The molecule has 6 heteroatoms. The van der Waals surface area contributed by atoms with Crippen LogP contribution in [0.25, 0.3) is 0 Å². The van der Waals surface area contributed by atoms with E-state index in [1.165, 1.54) is 0 Å². The van der Waals surface area contributed by atoms with Gasteiger partial charge >= 0.3 is 0 Å². The lowest BCUT2D eigenvalue weighted by Gasteiger charge is -2.32. The first-order chi connectivity index (χ1) is 10.5. The molecule has 0 bridgehead atoms. The van der Waals surface area contributed by atoms with Crippen LogP contribution in [0.1, 0.15) is 35.7 Å². The molecule has 3 rings (SSSR count). The van der Waals surface area contributed by atoms with Crippen molar-refractivity contribution in [2.75, 3.05) is 19.8 Å². The Hall–Kier alpha value is -2.24. The maximum Gasteiger partial charge on any atom is 0.257 e. The molecule has 1 aromatic carbocycles. The van der Waals surface area contributed by atoms with E-state index in [2.05, 4.69) is 5.32 Å². The Bertz CT molecular complexity index is 606. The molecule has 0 atom stereocenters. The molecule has 2 aliphatic rings. The Morgan fingerprint density at radius 1 is 1.36 bits per heavy atom. The summed E-state index contributed by atoms with van der Waals surface area (Å²) in [4.78, 5) is 24.9. The molecule has 1 aromatic rings. The number of rotatable bonds is 2. The average molecular weight is 304 g/mol. The van der Waals surface area contributed by atoms with Crippen LogP contribution >= 0.6 is 0 Å². The predicted molar refractivity (Wildman–Crippen MR) is 80.0 cm³/mol. The zero-order valence-corrected chi connectivity index (χ0v) is 12.8. The van der Waals surface area contributed by atoms with E-state index in [4.69, 9.17) is 9.47 Å². The Morgan fingerprint density at radius 3 is 2.77 bits per heavy atom. The number of piperidine rings is 1. The van der Waals surface area contributed by atoms with E-state index in [1.807, 2.05) is 11.8 Å². The molecule has 1 N–H and O–H groups in total. The molecular formula is C16H20N2O4. The molecule has 0 spiro atoms. The van der Waals surface area contributed by atoms with Gasteiger partial charge in [-0.25, -0.2) is 0 Å². The molecule has 1 saturated heterocycles. The van der Waals surface area contributed by atoms with Crippen LogP contribution in [0, 0.1) is 6.92 Å². The normalized spacial score (nSPS) is 18.3. The van der Waals surface area contributed by atoms with E-state index in [1.54, 1.807) is 19.1 Å². The lowest BCUT2D eigenvalue weighted by atomic mass is 10.1. The molecule has 2 amide bonds. The number of carbonyl (C=O) groups excluding carboxylic acids is 2. The number of carbonyl (C=O) groups is 2. The van der Waals surface area contributed by atoms with Crippen LogP contribution in [0.3, 0.4) is 0 Å². The second kappa shape index (κ2) is 5.87. The van der Waals surface area contributed by atoms with Crippen molar-refractivity contribution in [3.8, 4) is 11.5 Å². The number of benzene rings is 1. The van der Waals surface area contributed by atoms with Crippen molar-refractivity contribution in [2.24, 2.45) is 0 Å². The highest BCUT2D eigenvalue weighted by atomic mass is 16.5. The van der Waals surface area contributed by atoms with Crippen LogP contribution in [0.15, 0.2) is 12.1 Å². The van der Waals surface area contributed by atoms with E-state index in [9.17, 15) is 9.59 Å². The Balaban J connectivity index is 1.71. The number of amides is 2. The number of nitrogens with one attached hydrogen (secondary N) is 1. The van der Waals surface area contributed by atoms with Crippen LogP contribution < -0.4 is 14.8 Å². The maximum atomic E-state index is 11.8. The zero-order chi connectivity index (χ0) is 15.7. The standard InChI is InChI=1S/C16H20N2O4/c1-10-7-13-15(21-9-17-16(13)20)8-14(10)22-12-3-5-18(6-4-12)11(2)19/h7-8,12H,3-6,9H2,1-2H3,(H,17,20). The smallest absolute Gasteiger partial charge is 0.257 e. The summed E-state index contributed by atoms with van der Waals surface area (Å²) >= 11 is 0. The summed E-state index contributed by atoms with van der Waals surface area (Å²) < 4.78 is 11.5. The third kappa shape index (κ3) is 2.86. The van der Waals surface area contributed by atoms with Gasteiger partial charge in [0.2, 0.25) is 5.91 Å². The molecule has 0 saturated carbocycles. The molecule has 0 aromatic heterocycles. The largest absolute Gasteiger partial charge is 0.490 e. The fourth-order valence-corrected chi connectivity index (χ4v) is 2.84. The highest BCUT2D eigenvalue weighted by Crippen LogP contribution is 2.32. The monoisotopic (exact) mass is 304 g/mol. The quantitative estimate of drug-likeness (QED) is 0.898. The Morgan fingerprint density at radius 2 is 2.09 bits per heavy atom. The minimum Gasteiger partial charge on any atom is -0.490 e. The lowest BCUT2D eigenvalue weighted by Crippen LogP contribution is -2.40. The predicted octanol–water partition coefficient (Wildman–Crippen LogP) is 1.46. The Labute approximate surface area is 129 Å². The SMILES string of the molecule is CC(=O)N1CCC(Oc2cc3c(cc2C)C(=O)NCO3)CC1. The van der Waals surface area contributed by atoms with Crippen molar-refractivity contribution in [3.05, 3.63) is 23.3 Å². The number of likely N-dealkylation sites (tertiary alicyclic amines) is 1. The first-order valence-corrected chi connectivity index (χ1v) is 7.52. The Kier molecular flexibility index (Phi) is 3.92. The molecule has 2 heterocycles. The summed E-state index contributed by atoms with van der Waals surface area (Å²) in [6, 6.07) is 3.59. The molecule has 118 valence electrons. The van der Waals surface area contributed by atoms with Gasteiger partial charge in [0.25, 0.3) is 5.91 Å². The van der Waals surface area contributed by atoms with Crippen molar-refractivity contribution in [1.82, 2.24) is 10.2 Å². The molecule has 6 nitrogen and oxygen atoms in total. The minimum absolute atomic E-state index is 0.0877. The van der Waals surface area contributed by atoms with Gasteiger partial charge in [0.05, 0.1) is 5.56 Å². The third-order valence-electron chi connectivity index (χ3n) is 4.16. The van der Waals surface area contributed by atoms with Crippen LogP contribution in [0.5, 0.6) is 11.5 Å². The van der Waals surface area contributed by atoms with Gasteiger partial charge in [-0.2, -0.15) is 0 Å². The first kappa shape index (κ1) is 14.7. The highest BCUT2D eigenvalue weighted by Gasteiger charge is 2.24. The van der Waals surface area contributed by atoms with Gasteiger partial charge in [0.1, 0.15) is 17.6 Å².